The molecule has 2 rings (SSSR count). The lowest BCUT2D eigenvalue weighted by Gasteiger charge is -2.13. The fourth-order valence-electron chi connectivity index (χ4n) is 7.74. The second kappa shape index (κ2) is 30.4. The summed E-state index contributed by atoms with van der Waals surface area (Å²) in [5.41, 5.74) is 12.7. The van der Waals surface area contributed by atoms with Gasteiger partial charge < -0.3 is 5.73 Å². The SMILES string of the molecule is CCCCCCCCCCCCCCCCCCc1cc2c(nnn2CN)c(CCCCCCCCCCCCCCCCCC)c1C. The van der Waals surface area contributed by atoms with Gasteiger partial charge in [0, 0.05) is 0 Å². The first-order valence-electron chi connectivity index (χ1n) is 21.8. The maximum Gasteiger partial charge on any atom is 0.116 e. The highest BCUT2D eigenvalue weighted by Crippen LogP contribution is 2.28. The molecule has 2 N–H and O–H groups in total. The Kier molecular flexibility index (Phi) is 27.1. The molecule has 0 amide bonds. The van der Waals surface area contributed by atoms with Crippen LogP contribution in [0.15, 0.2) is 6.07 Å². The zero-order valence-corrected chi connectivity index (χ0v) is 32.7. The third-order valence-corrected chi connectivity index (χ3v) is 11.1. The van der Waals surface area contributed by atoms with Crippen molar-refractivity contribution < 1.29 is 0 Å². The van der Waals surface area contributed by atoms with Gasteiger partial charge in [0.05, 0.1) is 12.2 Å². The topological polar surface area (TPSA) is 56.7 Å². The first-order valence-corrected chi connectivity index (χ1v) is 21.8. The van der Waals surface area contributed by atoms with Crippen LogP contribution in [0.1, 0.15) is 236 Å². The average Bonchev–Trinajstić information content (AvgIpc) is 3.51. The molecule has 1 heterocycles. The Morgan fingerprint density at radius 1 is 0.479 bits per heavy atom. The molecule has 0 atom stereocenters. The number of fused-ring (bicyclic) bond motifs is 1. The van der Waals surface area contributed by atoms with E-state index in [1.807, 2.05) is 4.68 Å². The summed E-state index contributed by atoms with van der Waals surface area (Å²) >= 11 is 0. The molecule has 4 nitrogen and oxygen atoms in total. The summed E-state index contributed by atoms with van der Waals surface area (Å²) in [5, 5.41) is 9.00. The van der Waals surface area contributed by atoms with Gasteiger partial charge in [-0.2, -0.15) is 0 Å². The van der Waals surface area contributed by atoms with Crippen molar-refractivity contribution in [1.82, 2.24) is 15.0 Å². The molecule has 0 saturated heterocycles. The lowest BCUT2D eigenvalue weighted by molar-refractivity contribution is 0.529. The van der Waals surface area contributed by atoms with Crippen molar-refractivity contribution in [3.05, 3.63) is 22.8 Å². The molecule has 2 aromatic rings. The Bertz CT molecular complexity index is 995. The van der Waals surface area contributed by atoms with Crippen LogP contribution >= 0.6 is 0 Å². The Balaban J connectivity index is 1.56. The molecule has 0 aliphatic carbocycles. The smallest absolute Gasteiger partial charge is 0.116 e. The Morgan fingerprint density at radius 3 is 1.17 bits per heavy atom. The number of benzene rings is 1. The van der Waals surface area contributed by atoms with Crippen LogP contribution in [0.3, 0.4) is 0 Å². The second-order valence-corrected chi connectivity index (χ2v) is 15.4. The Hall–Kier alpha value is -1.42. The van der Waals surface area contributed by atoms with Crippen LogP contribution in [0, 0.1) is 6.92 Å². The van der Waals surface area contributed by atoms with Crippen molar-refractivity contribution in [2.24, 2.45) is 5.73 Å². The number of nitrogens with two attached hydrogens (primary N) is 1. The summed E-state index contributed by atoms with van der Waals surface area (Å²) in [4.78, 5) is 0. The van der Waals surface area contributed by atoms with Gasteiger partial charge in [-0.1, -0.05) is 212 Å². The quantitative estimate of drug-likeness (QED) is 0.0745. The van der Waals surface area contributed by atoms with Crippen LogP contribution < -0.4 is 5.73 Å². The summed E-state index contributed by atoms with van der Waals surface area (Å²) in [5.74, 6) is 0. The minimum Gasteiger partial charge on any atom is -0.312 e. The molecule has 0 fully saturated rings. The number of aryl methyl sites for hydroxylation is 2. The van der Waals surface area contributed by atoms with Crippen molar-refractivity contribution in [2.75, 3.05) is 0 Å². The number of hydrogen-bond donors (Lipinski definition) is 1. The predicted octanol–water partition coefficient (Wildman–Crippen LogP) is 14.3. The maximum absolute atomic E-state index is 6.04. The molecule has 0 saturated carbocycles. The first-order chi connectivity index (χ1) is 23.7. The number of nitrogens with zero attached hydrogens (tertiary/aromatic N) is 3. The van der Waals surface area contributed by atoms with E-state index in [0.717, 1.165) is 17.5 Å². The zero-order chi connectivity index (χ0) is 34.3. The molecule has 0 radical (unpaired) electrons. The van der Waals surface area contributed by atoms with E-state index >= 15 is 0 Å². The monoisotopic (exact) mass is 667 g/mol. The summed E-state index contributed by atoms with van der Waals surface area (Å²) in [7, 11) is 0. The van der Waals surface area contributed by atoms with Crippen LogP contribution in [0.5, 0.6) is 0 Å². The molecule has 4 heteroatoms. The minimum absolute atomic E-state index is 0.399. The van der Waals surface area contributed by atoms with E-state index in [1.165, 1.54) is 229 Å². The molecule has 48 heavy (non-hydrogen) atoms. The van der Waals surface area contributed by atoms with Crippen LogP contribution in [-0.4, -0.2) is 15.0 Å². The summed E-state index contributed by atoms with van der Waals surface area (Å²) < 4.78 is 1.89. The molecule has 0 aliphatic rings. The number of unbranched alkanes of at least 4 members (excludes halogenated alkanes) is 30. The van der Waals surface area contributed by atoms with Gasteiger partial charge in [0.25, 0.3) is 0 Å². The van der Waals surface area contributed by atoms with Gasteiger partial charge in [0.1, 0.15) is 5.52 Å². The van der Waals surface area contributed by atoms with Crippen LogP contribution in [0.25, 0.3) is 11.0 Å². The third-order valence-electron chi connectivity index (χ3n) is 11.1. The molecule has 1 aromatic heterocycles. The van der Waals surface area contributed by atoms with Gasteiger partial charge in [-0.15, -0.1) is 5.10 Å². The van der Waals surface area contributed by atoms with E-state index in [2.05, 4.69) is 37.1 Å². The van der Waals surface area contributed by atoms with Gasteiger partial charge in [0.2, 0.25) is 0 Å². The van der Waals surface area contributed by atoms with E-state index in [-0.39, 0.29) is 0 Å². The second-order valence-electron chi connectivity index (χ2n) is 15.4. The molecule has 0 bridgehead atoms. The molecule has 1 aromatic carbocycles. The Labute approximate surface area is 299 Å². The minimum atomic E-state index is 0.399. The molecule has 0 aliphatic heterocycles. The number of rotatable bonds is 35. The normalized spacial score (nSPS) is 11.8. The summed E-state index contributed by atoms with van der Waals surface area (Å²) in [6, 6.07) is 2.35. The van der Waals surface area contributed by atoms with Crippen LogP contribution in [-0.2, 0) is 19.5 Å². The van der Waals surface area contributed by atoms with Crippen molar-refractivity contribution in [3.63, 3.8) is 0 Å². The highest BCUT2D eigenvalue weighted by atomic mass is 15.4. The zero-order valence-electron chi connectivity index (χ0n) is 32.7. The van der Waals surface area contributed by atoms with E-state index in [9.17, 15) is 0 Å². The van der Waals surface area contributed by atoms with Gasteiger partial charge in [0.15, 0.2) is 0 Å². The molecule has 0 spiro atoms. The number of hydrogen-bond acceptors (Lipinski definition) is 3. The van der Waals surface area contributed by atoms with E-state index in [1.54, 1.807) is 0 Å². The highest BCUT2D eigenvalue weighted by molar-refractivity contribution is 5.81. The van der Waals surface area contributed by atoms with Crippen molar-refractivity contribution in [1.29, 1.82) is 0 Å². The van der Waals surface area contributed by atoms with E-state index < -0.39 is 0 Å². The lowest BCUT2D eigenvalue weighted by Crippen LogP contribution is -2.09. The Morgan fingerprint density at radius 2 is 0.812 bits per heavy atom. The predicted molar refractivity (Wildman–Crippen MR) is 213 cm³/mol. The van der Waals surface area contributed by atoms with Crippen molar-refractivity contribution >= 4 is 11.0 Å². The maximum atomic E-state index is 6.04. The van der Waals surface area contributed by atoms with E-state index in [4.69, 9.17) is 5.73 Å². The fraction of sp³-hybridized carbons (Fsp3) is 0.864. The van der Waals surface area contributed by atoms with Gasteiger partial charge in [-0.25, -0.2) is 4.68 Å². The molecule has 278 valence electrons. The van der Waals surface area contributed by atoms with Gasteiger partial charge in [-0.3, -0.25) is 0 Å². The highest BCUT2D eigenvalue weighted by Gasteiger charge is 2.15. The largest absolute Gasteiger partial charge is 0.312 e. The fourth-order valence-corrected chi connectivity index (χ4v) is 7.74. The first kappa shape index (κ1) is 42.7. The van der Waals surface area contributed by atoms with Crippen molar-refractivity contribution in [2.45, 2.75) is 246 Å². The molecule has 0 unspecified atom stereocenters. The van der Waals surface area contributed by atoms with Crippen LogP contribution in [0.4, 0.5) is 0 Å². The standard InChI is InChI=1S/C44H82N4/c1-4-6-8-10-12-14-16-18-20-22-24-26-28-30-32-34-36-41-38-43-44(46-47-48(43)39-45)42(40(41)3)37-35-33-31-29-27-25-23-21-19-17-15-13-11-9-7-5-2/h38H,4-37,39,45H2,1-3H3. The molecular formula is C44H82N4. The summed E-state index contributed by atoms with van der Waals surface area (Å²) in [6.45, 7) is 7.34. The number of aromatic nitrogens is 3. The van der Waals surface area contributed by atoms with Gasteiger partial charge >= 0.3 is 0 Å². The van der Waals surface area contributed by atoms with Crippen molar-refractivity contribution in [3.8, 4) is 0 Å². The van der Waals surface area contributed by atoms with Crippen LogP contribution in [0.2, 0.25) is 0 Å². The summed E-state index contributed by atoms with van der Waals surface area (Å²) in [6.07, 6.45) is 47.6. The van der Waals surface area contributed by atoms with E-state index in [0.29, 0.717) is 6.67 Å². The third kappa shape index (κ3) is 19.7. The average molecular weight is 667 g/mol. The molecular weight excluding hydrogens is 585 g/mol. The lowest BCUT2D eigenvalue weighted by atomic mass is 9.93. The van der Waals surface area contributed by atoms with Gasteiger partial charge in [-0.05, 0) is 55.4 Å².